The normalized spacial score (nSPS) is 24.4. The molecule has 94 valence electrons. The van der Waals surface area contributed by atoms with Crippen LogP contribution in [0, 0.1) is 6.92 Å². The molecule has 2 atom stereocenters. The highest BCUT2D eigenvalue weighted by Gasteiger charge is 2.25. The fourth-order valence-corrected chi connectivity index (χ4v) is 2.25. The average molecular weight is 236 g/mol. The van der Waals surface area contributed by atoms with Crippen molar-refractivity contribution in [3.05, 3.63) is 23.8 Å². The standard InChI is InChI=1S/C14H20O3/c1-10-7-8-13(14(9-10)16-2)17-12-6-4-3-5-11(12)15/h7-9,11-12,15H,3-6H2,1-2H3/t11-,12-/m0/s1. The molecule has 17 heavy (non-hydrogen) atoms. The Balaban J connectivity index is 2.11. The number of hydrogen-bond donors (Lipinski definition) is 1. The van der Waals surface area contributed by atoms with E-state index < -0.39 is 0 Å². The monoisotopic (exact) mass is 236 g/mol. The van der Waals surface area contributed by atoms with Gasteiger partial charge in [0.2, 0.25) is 0 Å². The lowest BCUT2D eigenvalue weighted by atomic mass is 9.95. The third-order valence-electron chi connectivity index (χ3n) is 3.27. The summed E-state index contributed by atoms with van der Waals surface area (Å²) >= 11 is 0. The van der Waals surface area contributed by atoms with Crippen molar-refractivity contribution in [1.29, 1.82) is 0 Å². The van der Waals surface area contributed by atoms with Gasteiger partial charge in [-0.3, -0.25) is 0 Å². The Hall–Kier alpha value is -1.22. The number of rotatable bonds is 3. The number of methoxy groups -OCH3 is 1. The fraction of sp³-hybridized carbons (Fsp3) is 0.571. The van der Waals surface area contributed by atoms with Crippen LogP contribution in [0.2, 0.25) is 0 Å². The number of aryl methyl sites for hydroxylation is 1. The summed E-state index contributed by atoms with van der Waals surface area (Å²) < 4.78 is 11.2. The summed E-state index contributed by atoms with van der Waals surface area (Å²) in [5.41, 5.74) is 1.14. The molecule has 3 heteroatoms. The van der Waals surface area contributed by atoms with Gasteiger partial charge in [0.05, 0.1) is 13.2 Å². The fourth-order valence-electron chi connectivity index (χ4n) is 2.25. The minimum Gasteiger partial charge on any atom is -0.493 e. The zero-order valence-corrected chi connectivity index (χ0v) is 10.5. The summed E-state index contributed by atoms with van der Waals surface area (Å²) in [5.74, 6) is 1.46. The van der Waals surface area contributed by atoms with Crippen molar-refractivity contribution in [2.75, 3.05) is 7.11 Å². The van der Waals surface area contributed by atoms with Crippen molar-refractivity contribution in [3.8, 4) is 11.5 Å². The highest BCUT2D eigenvalue weighted by atomic mass is 16.5. The zero-order valence-electron chi connectivity index (χ0n) is 10.5. The first-order valence-corrected chi connectivity index (χ1v) is 6.20. The van der Waals surface area contributed by atoms with Crippen molar-refractivity contribution in [2.24, 2.45) is 0 Å². The van der Waals surface area contributed by atoms with Crippen molar-refractivity contribution >= 4 is 0 Å². The van der Waals surface area contributed by atoms with Gasteiger partial charge in [0.1, 0.15) is 6.10 Å². The lowest BCUT2D eigenvalue weighted by Gasteiger charge is -2.28. The van der Waals surface area contributed by atoms with Gasteiger partial charge in [-0.2, -0.15) is 0 Å². The van der Waals surface area contributed by atoms with Crippen LogP contribution in [0.15, 0.2) is 18.2 Å². The Kier molecular flexibility index (Phi) is 3.89. The maximum atomic E-state index is 9.88. The summed E-state index contributed by atoms with van der Waals surface area (Å²) in [7, 11) is 1.64. The van der Waals surface area contributed by atoms with E-state index in [4.69, 9.17) is 9.47 Å². The molecule has 1 saturated carbocycles. The van der Waals surface area contributed by atoms with Gasteiger partial charge in [-0.25, -0.2) is 0 Å². The van der Waals surface area contributed by atoms with Gasteiger partial charge in [0.25, 0.3) is 0 Å². The van der Waals surface area contributed by atoms with Crippen LogP contribution in [0.5, 0.6) is 11.5 Å². The molecule has 0 aromatic heterocycles. The van der Waals surface area contributed by atoms with Crippen molar-refractivity contribution in [1.82, 2.24) is 0 Å². The first kappa shape index (κ1) is 12.2. The lowest BCUT2D eigenvalue weighted by Crippen LogP contribution is -2.34. The van der Waals surface area contributed by atoms with E-state index in [1.807, 2.05) is 25.1 Å². The quantitative estimate of drug-likeness (QED) is 0.877. The Labute approximate surface area is 102 Å². The molecule has 1 fully saturated rings. The second-order valence-corrected chi connectivity index (χ2v) is 4.66. The summed E-state index contributed by atoms with van der Waals surface area (Å²) in [6.07, 6.45) is 3.51. The van der Waals surface area contributed by atoms with E-state index >= 15 is 0 Å². The van der Waals surface area contributed by atoms with Crippen LogP contribution in [0.4, 0.5) is 0 Å². The first-order chi connectivity index (χ1) is 8.20. The van der Waals surface area contributed by atoms with Crippen molar-refractivity contribution < 1.29 is 14.6 Å². The molecular weight excluding hydrogens is 216 g/mol. The Bertz CT molecular complexity index is 376. The van der Waals surface area contributed by atoms with Crippen LogP contribution < -0.4 is 9.47 Å². The summed E-state index contributed by atoms with van der Waals surface area (Å²) in [4.78, 5) is 0. The molecule has 1 aliphatic carbocycles. The van der Waals surface area contributed by atoms with Crippen molar-refractivity contribution in [3.63, 3.8) is 0 Å². The second kappa shape index (κ2) is 5.41. The highest BCUT2D eigenvalue weighted by molar-refractivity contribution is 5.42. The molecule has 0 heterocycles. The largest absolute Gasteiger partial charge is 0.493 e. The first-order valence-electron chi connectivity index (χ1n) is 6.20. The molecule has 3 nitrogen and oxygen atoms in total. The molecular formula is C14H20O3. The van der Waals surface area contributed by atoms with E-state index in [1.165, 1.54) is 0 Å². The number of benzene rings is 1. The highest BCUT2D eigenvalue weighted by Crippen LogP contribution is 2.31. The predicted octanol–water partition coefficient (Wildman–Crippen LogP) is 2.69. The summed E-state index contributed by atoms with van der Waals surface area (Å²) in [6, 6.07) is 5.85. The molecule has 0 amide bonds. The molecule has 0 bridgehead atoms. The van der Waals surface area contributed by atoms with Crippen LogP contribution in [-0.2, 0) is 0 Å². The number of ether oxygens (including phenoxy) is 2. The number of aliphatic hydroxyl groups excluding tert-OH is 1. The SMILES string of the molecule is COc1cc(C)ccc1O[C@H]1CCCC[C@@H]1O. The molecule has 1 aromatic carbocycles. The van der Waals surface area contributed by atoms with Crippen LogP contribution in [0.25, 0.3) is 0 Å². The Morgan fingerprint density at radius 2 is 1.94 bits per heavy atom. The summed E-state index contributed by atoms with van der Waals surface area (Å²) in [5, 5.41) is 9.88. The van der Waals surface area contributed by atoms with Gasteiger partial charge in [0.15, 0.2) is 11.5 Å². The number of aliphatic hydroxyl groups is 1. The van der Waals surface area contributed by atoms with Gasteiger partial charge in [-0.15, -0.1) is 0 Å². The van der Waals surface area contributed by atoms with E-state index in [2.05, 4.69) is 0 Å². The van der Waals surface area contributed by atoms with E-state index in [0.717, 1.165) is 42.7 Å². The minimum atomic E-state index is -0.352. The molecule has 1 aliphatic rings. The molecule has 2 rings (SSSR count). The predicted molar refractivity (Wildman–Crippen MR) is 66.6 cm³/mol. The van der Waals surface area contributed by atoms with Crippen LogP contribution >= 0.6 is 0 Å². The summed E-state index contributed by atoms with van der Waals surface area (Å²) in [6.45, 7) is 2.02. The molecule has 0 radical (unpaired) electrons. The lowest BCUT2D eigenvalue weighted by molar-refractivity contribution is 0.00567. The molecule has 0 unspecified atom stereocenters. The van der Waals surface area contributed by atoms with Crippen molar-refractivity contribution in [2.45, 2.75) is 44.8 Å². The molecule has 0 spiro atoms. The molecule has 0 aliphatic heterocycles. The third-order valence-corrected chi connectivity index (χ3v) is 3.27. The molecule has 1 N–H and O–H groups in total. The maximum absolute atomic E-state index is 9.88. The topological polar surface area (TPSA) is 38.7 Å². The minimum absolute atomic E-state index is 0.0969. The van der Waals surface area contributed by atoms with Crippen LogP contribution in [-0.4, -0.2) is 24.4 Å². The van der Waals surface area contributed by atoms with Gasteiger partial charge in [-0.05, 0) is 43.9 Å². The second-order valence-electron chi connectivity index (χ2n) is 4.66. The maximum Gasteiger partial charge on any atom is 0.161 e. The van der Waals surface area contributed by atoms with Gasteiger partial charge in [-0.1, -0.05) is 12.5 Å². The Morgan fingerprint density at radius 1 is 1.18 bits per heavy atom. The average Bonchev–Trinajstić information content (AvgIpc) is 2.34. The van der Waals surface area contributed by atoms with E-state index in [1.54, 1.807) is 7.11 Å². The van der Waals surface area contributed by atoms with E-state index in [-0.39, 0.29) is 12.2 Å². The van der Waals surface area contributed by atoms with Gasteiger partial charge in [0, 0.05) is 0 Å². The van der Waals surface area contributed by atoms with E-state index in [9.17, 15) is 5.11 Å². The van der Waals surface area contributed by atoms with Gasteiger partial charge >= 0.3 is 0 Å². The zero-order chi connectivity index (χ0) is 12.3. The van der Waals surface area contributed by atoms with Gasteiger partial charge < -0.3 is 14.6 Å². The number of hydrogen-bond acceptors (Lipinski definition) is 3. The third kappa shape index (κ3) is 2.91. The molecule has 0 saturated heterocycles. The van der Waals surface area contributed by atoms with Crippen LogP contribution in [0.3, 0.4) is 0 Å². The van der Waals surface area contributed by atoms with E-state index in [0.29, 0.717) is 0 Å². The van der Waals surface area contributed by atoms with Crippen LogP contribution in [0.1, 0.15) is 31.2 Å². The Morgan fingerprint density at radius 3 is 2.65 bits per heavy atom. The smallest absolute Gasteiger partial charge is 0.161 e. The molecule has 1 aromatic rings.